The Kier molecular flexibility index (Phi) is 12.5. The van der Waals surface area contributed by atoms with Crippen molar-refractivity contribution in [1.82, 2.24) is 5.32 Å². The van der Waals surface area contributed by atoms with Crippen LogP contribution < -0.4 is 15.4 Å². The van der Waals surface area contributed by atoms with Crippen LogP contribution in [0.2, 0.25) is 0 Å². The lowest BCUT2D eigenvalue weighted by Gasteiger charge is -2.19. The van der Waals surface area contributed by atoms with Crippen molar-refractivity contribution < 1.29 is 14.2 Å². The third-order valence-electron chi connectivity index (χ3n) is 4.21. The van der Waals surface area contributed by atoms with Crippen molar-refractivity contribution in [2.45, 2.75) is 45.9 Å². The molecule has 0 unspecified atom stereocenters. The van der Waals surface area contributed by atoms with Crippen LogP contribution in [0.15, 0.2) is 53.5 Å². The minimum absolute atomic E-state index is 0. The van der Waals surface area contributed by atoms with E-state index >= 15 is 0 Å². The van der Waals surface area contributed by atoms with E-state index in [1.165, 1.54) is 5.56 Å². The molecule has 0 saturated carbocycles. The Morgan fingerprint density at radius 3 is 2.45 bits per heavy atom. The summed E-state index contributed by atoms with van der Waals surface area (Å²) in [5.74, 6) is 1.51. The van der Waals surface area contributed by atoms with Crippen molar-refractivity contribution >= 4 is 35.6 Å². The molecule has 0 bridgehead atoms. The number of hydrogen-bond donors (Lipinski definition) is 2. The Morgan fingerprint density at radius 2 is 1.74 bits per heavy atom. The topological polar surface area (TPSA) is 64.1 Å². The number of nitrogens with zero attached hydrogens (tertiary/aromatic N) is 1. The molecule has 0 heterocycles. The lowest BCUT2D eigenvalue weighted by Crippen LogP contribution is -2.30. The van der Waals surface area contributed by atoms with Crippen molar-refractivity contribution in [2.24, 2.45) is 4.99 Å². The van der Waals surface area contributed by atoms with Crippen molar-refractivity contribution in [3.63, 3.8) is 0 Å². The summed E-state index contributed by atoms with van der Waals surface area (Å²) in [4.78, 5) is 4.32. The number of hydrogen-bond acceptors (Lipinski definition) is 4. The fraction of sp³-hybridized carbons (Fsp3) is 0.458. The molecule has 2 aromatic rings. The fourth-order valence-electron chi connectivity index (χ4n) is 2.69. The number of anilines is 1. The van der Waals surface area contributed by atoms with Gasteiger partial charge in [0, 0.05) is 45.5 Å². The molecule has 0 aliphatic rings. The summed E-state index contributed by atoms with van der Waals surface area (Å²) >= 11 is 0. The van der Waals surface area contributed by atoms with Crippen LogP contribution in [0.5, 0.6) is 5.75 Å². The van der Waals surface area contributed by atoms with E-state index in [0.29, 0.717) is 32.3 Å². The molecule has 31 heavy (non-hydrogen) atoms. The van der Waals surface area contributed by atoms with Gasteiger partial charge in [0.2, 0.25) is 0 Å². The monoisotopic (exact) mass is 541 g/mol. The summed E-state index contributed by atoms with van der Waals surface area (Å²) < 4.78 is 16.7. The number of rotatable bonds is 10. The van der Waals surface area contributed by atoms with Crippen LogP contribution in [0.4, 0.5) is 5.69 Å². The molecule has 0 fully saturated rings. The highest BCUT2D eigenvalue weighted by atomic mass is 127. The van der Waals surface area contributed by atoms with Gasteiger partial charge in [0.1, 0.15) is 5.75 Å². The van der Waals surface area contributed by atoms with E-state index in [9.17, 15) is 0 Å². The maximum atomic E-state index is 5.87. The van der Waals surface area contributed by atoms with Gasteiger partial charge in [-0.3, -0.25) is 4.99 Å². The van der Waals surface area contributed by atoms with Gasteiger partial charge in [-0.2, -0.15) is 0 Å². The molecule has 2 N–H and O–H groups in total. The van der Waals surface area contributed by atoms with Gasteiger partial charge in [-0.25, -0.2) is 0 Å². The molecule has 0 radical (unpaired) electrons. The van der Waals surface area contributed by atoms with E-state index in [4.69, 9.17) is 14.2 Å². The number of nitrogens with one attached hydrogen (secondary N) is 2. The zero-order valence-electron chi connectivity index (χ0n) is 19.2. The van der Waals surface area contributed by atoms with Gasteiger partial charge in [0.25, 0.3) is 0 Å². The van der Waals surface area contributed by atoms with E-state index in [0.717, 1.165) is 23.4 Å². The van der Waals surface area contributed by atoms with Gasteiger partial charge in [-0.05, 0) is 44.0 Å². The highest BCUT2D eigenvalue weighted by Gasteiger charge is 2.10. The van der Waals surface area contributed by atoms with E-state index in [2.05, 4.69) is 60.7 Å². The van der Waals surface area contributed by atoms with E-state index in [1.807, 2.05) is 24.3 Å². The normalized spacial score (nSPS) is 11.6. The first-order valence-electron chi connectivity index (χ1n) is 10.3. The first kappa shape index (κ1) is 27.2. The highest BCUT2D eigenvalue weighted by Crippen LogP contribution is 2.18. The van der Waals surface area contributed by atoms with Gasteiger partial charge in [0.05, 0.1) is 18.8 Å². The number of guanidine groups is 1. The van der Waals surface area contributed by atoms with Crippen molar-refractivity contribution in [2.75, 3.05) is 32.7 Å². The van der Waals surface area contributed by atoms with Crippen LogP contribution in [0.25, 0.3) is 0 Å². The summed E-state index contributed by atoms with van der Waals surface area (Å²) in [7, 11) is 3.45. The summed E-state index contributed by atoms with van der Waals surface area (Å²) in [5, 5.41) is 6.66. The van der Waals surface area contributed by atoms with E-state index in [-0.39, 0.29) is 29.6 Å². The van der Waals surface area contributed by atoms with Crippen molar-refractivity contribution in [3.05, 3.63) is 59.7 Å². The highest BCUT2D eigenvalue weighted by molar-refractivity contribution is 14.0. The molecule has 0 saturated heterocycles. The second-order valence-electron chi connectivity index (χ2n) is 7.99. The van der Waals surface area contributed by atoms with E-state index < -0.39 is 0 Å². The fourth-order valence-corrected chi connectivity index (χ4v) is 2.69. The first-order valence-corrected chi connectivity index (χ1v) is 10.3. The SMILES string of the molecule is CN=C(NCc1cccc(COC(C)(C)C)c1)Nc1cccc(OCCCOC)c1.I. The van der Waals surface area contributed by atoms with Gasteiger partial charge in [0.15, 0.2) is 5.96 Å². The second-order valence-corrected chi connectivity index (χ2v) is 7.99. The Bertz CT molecular complexity index is 807. The standard InChI is InChI=1S/C24H35N3O3.HI/c1-24(2,3)30-18-20-10-6-9-19(15-20)17-26-23(25-4)27-21-11-7-12-22(16-21)29-14-8-13-28-5;/h6-7,9-12,15-16H,8,13-14,17-18H2,1-5H3,(H2,25,26,27);1H. The third-order valence-corrected chi connectivity index (χ3v) is 4.21. The Hall–Kier alpha value is -1.84. The maximum Gasteiger partial charge on any atom is 0.195 e. The molecule has 0 aromatic heterocycles. The van der Waals surface area contributed by atoms with Crippen LogP contribution >= 0.6 is 24.0 Å². The first-order chi connectivity index (χ1) is 14.4. The quantitative estimate of drug-likeness (QED) is 0.187. The molecular formula is C24H36IN3O3. The molecule has 7 heteroatoms. The maximum absolute atomic E-state index is 5.87. The molecule has 2 rings (SSSR count). The molecule has 6 nitrogen and oxygen atoms in total. The van der Waals surface area contributed by atoms with Gasteiger partial charge in [-0.1, -0.05) is 30.3 Å². The molecule has 172 valence electrons. The number of benzene rings is 2. The van der Waals surface area contributed by atoms with E-state index in [1.54, 1.807) is 14.2 Å². The minimum atomic E-state index is -0.151. The Morgan fingerprint density at radius 1 is 1.00 bits per heavy atom. The lowest BCUT2D eigenvalue weighted by molar-refractivity contribution is -0.0149. The molecule has 0 aliphatic carbocycles. The minimum Gasteiger partial charge on any atom is -0.493 e. The predicted octanol–water partition coefficient (Wildman–Crippen LogP) is 5.22. The molecular weight excluding hydrogens is 505 g/mol. The molecule has 0 amide bonds. The van der Waals surface area contributed by atoms with Crippen LogP contribution in [0, 0.1) is 0 Å². The molecule has 0 aliphatic heterocycles. The smallest absolute Gasteiger partial charge is 0.195 e. The van der Waals surface area contributed by atoms with Gasteiger partial charge >= 0.3 is 0 Å². The predicted molar refractivity (Wildman–Crippen MR) is 139 cm³/mol. The summed E-state index contributed by atoms with van der Waals surface area (Å²) in [6.07, 6.45) is 0.858. The number of halogens is 1. The average molecular weight is 541 g/mol. The number of ether oxygens (including phenoxy) is 3. The van der Waals surface area contributed by atoms with Gasteiger partial charge < -0.3 is 24.8 Å². The summed E-state index contributed by atoms with van der Waals surface area (Å²) in [5.41, 5.74) is 3.09. The van der Waals surface area contributed by atoms with Gasteiger partial charge in [-0.15, -0.1) is 24.0 Å². The number of aliphatic imine (C=N–C) groups is 1. The molecule has 0 atom stereocenters. The summed E-state index contributed by atoms with van der Waals surface area (Å²) in [6, 6.07) is 16.2. The second kappa shape index (κ2) is 14.3. The zero-order chi connectivity index (χ0) is 21.8. The van der Waals surface area contributed by atoms with Crippen molar-refractivity contribution in [1.29, 1.82) is 0 Å². The summed E-state index contributed by atoms with van der Waals surface area (Å²) in [6.45, 7) is 8.77. The molecule has 2 aromatic carbocycles. The Balaban J connectivity index is 0.00000480. The van der Waals surface area contributed by atoms with Crippen LogP contribution in [-0.2, 0) is 22.6 Å². The lowest BCUT2D eigenvalue weighted by atomic mass is 10.1. The van der Waals surface area contributed by atoms with Crippen LogP contribution in [-0.4, -0.2) is 38.9 Å². The zero-order valence-corrected chi connectivity index (χ0v) is 21.6. The largest absolute Gasteiger partial charge is 0.493 e. The average Bonchev–Trinajstić information content (AvgIpc) is 2.73. The molecule has 0 spiro atoms. The number of methoxy groups -OCH3 is 1. The third kappa shape index (κ3) is 11.4. The Labute approximate surface area is 203 Å². The van der Waals surface area contributed by atoms with Crippen molar-refractivity contribution in [3.8, 4) is 5.75 Å². The van der Waals surface area contributed by atoms with Crippen LogP contribution in [0.1, 0.15) is 38.3 Å². The van der Waals surface area contributed by atoms with Crippen LogP contribution in [0.3, 0.4) is 0 Å².